The van der Waals surface area contributed by atoms with Gasteiger partial charge in [0, 0.05) is 17.3 Å². The van der Waals surface area contributed by atoms with E-state index in [4.69, 9.17) is 9.47 Å². The molecule has 1 aliphatic heterocycles. The van der Waals surface area contributed by atoms with Crippen LogP contribution in [0.2, 0.25) is 0 Å². The maximum absolute atomic E-state index is 12.7. The number of nitrogens with one attached hydrogen (secondary N) is 1. The molecule has 11 nitrogen and oxygen atoms in total. The molecule has 3 amide bonds. The normalized spacial score (nSPS) is 14.4. The lowest BCUT2D eigenvalue weighted by Gasteiger charge is -2.13. The van der Waals surface area contributed by atoms with Crippen LogP contribution in [0.4, 0.5) is 16.2 Å². The lowest BCUT2D eigenvalue weighted by Crippen LogP contribution is -2.36. The number of amides is 3. The number of aromatic hydroxyl groups is 1. The van der Waals surface area contributed by atoms with Crippen LogP contribution in [-0.2, 0) is 9.59 Å². The second kappa shape index (κ2) is 10.7. The van der Waals surface area contributed by atoms with Crippen molar-refractivity contribution >= 4 is 46.3 Å². The molecule has 0 atom stereocenters. The Bertz CT molecular complexity index is 1160. The molecule has 3 rings (SSSR count). The highest BCUT2D eigenvalue weighted by atomic mass is 32.2. The molecular formula is C22H21N3O8S. The van der Waals surface area contributed by atoms with E-state index in [0.717, 1.165) is 23.1 Å². The Morgan fingerprint density at radius 1 is 1.18 bits per heavy atom. The minimum atomic E-state index is -0.763. The smallest absolute Gasteiger partial charge is 0.294 e. The highest BCUT2D eigenvalue weighted by Crippen LogP contribution is 2.39. The number of phenolic OH excluding ortho intramolecular Hbond substituents is 1. The van der Waals surface area contributed by atoms with Gasteiger partial charge in [-0.3, -0.25) is 29.4 Å². The van der Waals surface area contributed by atoms with Crippen LogP contribution < -0.4 is 14.8 Å². The summed E-state index contributed by atoms with van der Waals surface area (Å²) in [5.41, 5.74) is 0.0318. The van der Waals surface area contributed by atoms with E-state index in [9.17, 15) is 29.6 Å². The zero-order valence-corrected chi connectivity index (χ0v) is 19.1. The number of nitro benzene ring substituents is 1. The van der Waals surface area contributed by atoms with Crippen LogP contribution in [0.1, 0.15) is 19.4 Å². The molecule has 0 aromatic heterocycles. The van der Waals surface area contributed by atoms with Gasteiger partial charge in [0.25, 0.3) is 16.8 Å². The number of carbonyl (C=O) groups is 3. The molecule has 0 unspecified atom stereocenters. The number of ether oxygens (including phenoxy) is 2. The second-order valence-corrected chi connectivity index (χ2v) is 7.84. The van der Waals surface area contributed by atoms with Crippen LogP contribution in [0, 0.1) is 10.1 Å². The molecule has 1 saturated heterocycles. The van der Waals surface area contributed by atoms with Gasteiger partial charge in [-0.15, -0.1) is 0 Å². The Morgan fingerprint density at radius 3 is 2.47 bits per heavy atom. The van der Waals surface area contributed by atoms with E-state index in [0.29, 0.717) is 29.8 Å². The Hall–Kier alpha value is -4.06. The summed E-state index contributed by atoms with van der Waals surface area (Å²) in [6.45, 7) is 3.61. The molecule has 0 radical (unpaired) electrons. The van der Waals surface area contributed by atoms with Crippen LogP contribution in [0.25, 0.3) is 6.08 Å². The van der Waals surface area contributed by atoms with E-state index >= 15 is 0 Å². The van der Waals surface area contributed by atoms with Crippen molar-refractivity contribution < 1.29 is 33.9 Å². The van der Waals surface area contributed by atoms with E-state index in [2.05, 4.69) is 5.32 Å². The van der Waals surface area contributed by atoms with Gasteiger partial charge >= 0.3 is 0 Å². The number of nitrogens with zero attached hydrogens (tertiary/aromatic N) is 2. The summed E-state index contributed by atoms with van der Waals surface area (Å²) < 4.78 is 10.5. The van der Waals surface area contributed by atoms with E-state index in [1.807, 2.05) is 6.92 Å². The number of hydrogen-bond donors (Lipinski definition) is 2. The maximum atomic E-state index is 12.7. The van der Waals surface area contributed by atoms with Crippen molar-refractivity contribution in [1.82, 2.24) is 4.90 Å². The fourth-order valence-electron chi connectivity index (χ4n) is 3.02. The lowest BCUT2D eigenvalue weighted by atomic mass is 10.1. The number of nitro groups is 1. The molecule has 1 aliphatic rings. The van der Waals surface area contributed by atoms with E-state index < -0.39 is 34.3 Å². The molecule has 2 aromatic carbocycles. The second-order valence-electron chi connectivity index (χ2n) is 6.85. The highest BCUT2D eigenvalue weighted by Gasteiger charge is 2.36. The van der Waals surface area contributed by atoms with Crippen molar-refractivity contribution in [2.75, 3.05) is 25.1 Å². The van der Waals surface area contributed by atoms with Crippen molar-refractivity contribution in [3.05, 3.63) is 57.0 Å². The average molecular weight is 487 g/mol. The largest absolute Gasteiger partial charge is 0.504 e. The summed E-state index contributed by atoms with van der Waals surface area (Å²) in [5.74, 6) is -1.26. The van der Waals surface area contributed by atoms with Crippen LogP contribution >= 0.6 is 11.8 Å². The Kier molecular flexibility index (Phi) is 7.74. The van der Waals surface area contributed by atoms with E-state index in [-0.39, 0.29) is 28.5 Å². The van der Waals surface area contributed by atoms with Gasteiger partial charge in [-0.1, -0.05) is 0 Å². The number of phenols is 1. The van der Waals surface area contributed by atoms with E-state index in [1.54, 1.807) is 31.2 Å². The summed E-state index contributed by atoms with van der Waals surface area (Å²) in [4.78, 5) is 48.7. The zero-order valence-electron chi connectivity index (χ0n) is 18.3. The van der Waals surface area contributed by atoms with Gasteiger partial charge in [-0.2, -0.15) is 0 Å². The van der Waals surface area contributed by atoms with Crippen LogP contribution in [-0.4, -0.2) is 51.7 Å². The first-order valence-electron chi connectivity index (χ1n) is 10.2. The molecule has 0 bridgehead atoms. The third-order valence-electron chi connectivity index (χ3n) is 4.51. The molecule has 12 heteroatoms. The number of thioether (sulfide) groups is 1. The molecule has 2 aromatic rings. The van der Waals surface area contributed by atoms with Gasteiger partial charge in [-0.05, 0) is 56.0 Å². The standard InChI is InChI=1S/C22H21N3O8S/c1-3-32-16-7-5-14(6-8-16)23-19(26)12-24-21(28)18(34-22(24)29)10-13-9-15(25(30)31)11-17(20(13)27)33-4-2/h5-11,27H,3-4,12H2,1-2H3,(H,23,26)/b18-10+. The third kappa shape index (κ3) is 5.64. The number of imide groups is 1. The zero-order chi connectivity index (χ0) is 24.8. The van der Waals surface area contributed by atoms with Crippen LogP contribution in [0.3, 0.4) is 0 Å². The SMILES string of the molecule is CCOc1ccc(NC(=O)CN2C(=O)S/C(=C/c3cc([N+](=O)[O-])cc(OCC)c3O)C2=O)cc1. The highest BCUT2D eigenvalue weighted by molar-refractivity contribution is 8.18. The van der Waals surface area contributed by atoms with Crippen molar-refractivity contribution in [3.8, 4) is 17.2 Å². The number of benzene rings is 2. The van der Waals surface area contributed by atoms with Crippen molar-refractivity contribution in [3.63, 3.8) is 0 Å². The first-order chi connectivity index (χ1) is 16.2. The number of anilines is 1. The summed E-state index contributed by atoms with van der Waals surface area (Å²) in [7, 11) is 0. The van der Waals surface area contributed by atoms with Gasteiger partial charge in [-0.25, -0.2) is 0 Å². The molecule has 0 aliphatic carbocycles. The monoisotopic (exact) mass is 487 g/mol. The minimum absolute atomic E-state index is 0.0676. The van der Waals surface area contributed by atoms with E-state index in [1.165, 1.54) is 0 Å². The van der Waals surface area contributed by atoms with Gasteiger partial charge < -0.3 is 19.9 Å². The molecule has 0 saturated carbocycles. The molecule has 178 valence electrons. The molecule has 0 spiro atoms. The quantitative estimate of drug-likeness (QED) is 0.306. The van der Waals surface area contributed by atoms with Crippen LogP contribution in [0.5, 0.6) is 17.2 Å². The number of non-ortho nitro benzene ring substituents is 1. The predicted molar refractivity (Wildman–Crippen MR) is 125 cm³/mol. The lowest BCUT2D eigenvalue weighted by molar-refractivity contribution is -0.385. The van der Waals surface area contributed by atoms with Gasteiger partial charge in [0.2, 0.25) is 5.91 Å². The minimum Gasteiger partial charge on any atom is -0.504 e. The summed E-state index contributed by atoms with van der Waals surface area (Å²) >= 11 is 0.555. The average Bonchev–Trinajstić information content (AvgIpc) is 3.05. The fraction of sp³-hybridized carbons (Fsp3) is 0.227. The summed E-state index contributed by atoms with van der Waals surface area (Å²) in [6.07, 6.45) is 1.15. The molecule has 34 heavy (non-hydrogen) atoms. The first kappa shape index (κ1) is 24.6. The Labute approximate surface area is 198 Å². The van der Waals surface area contributed by atoms with Crippen molar-refractivity contribution in [2.24, 2.45) is 0 Å². The van der Waals surface area contributed by atoms with Crippen LogP contribution in [0.15, 0.2) is 41.3 Å². The molecule has 1 fully saturated rings. The summed E-state index contributed by atoms with van der Waals surface area (Å²) in [6, 6.07) is 8.71. The van der Waals surface area contributed by atoms with Crippen molar-refractivity contribution in [1.29, 1.82) is 0 Å². The fourth-order valence-corrected chi connectivity index (χ4v) is 3.85. The summed E-state index contributed by atoms with van der Waals surface area (Å²) in [5, 5.41) is 23.5. The number of rotatable bonds is 9. The molecule has 1 heterocycles. The number of hydrogen-bond acceptors (Lipinski definition) is 9. The van der Waals surface area contributed by atoms with Gasteiger partial charge in [0.15, 0.2) is 11.5 Å². The number of carbonyl (C=O) groups excluding carboxylic acids is 3. The first-order valence-corrected chi connectivity index (χ1v) is 11.0. The van der Waals surface area contributed by atoms with Gasteiger partial charge in [0.05, 0.1) is 29.1 Å². The van der Waals surface area contributed by atoms with Gasteiger partial charge in [0.1, 0.15) is 12.3 Å². The Morgan fingerprint density at radius 2 is 1.85 bits per heavy atom. The molecule has 2 N–H and O–H groups in total. The topological polar surface area (TPSA) is 148 Å². The predicted octanol–water partition coefficient (Wildman–Crippen LogP) is 3.77. The Balaban J connectivity index is 1.76. The molecular weight excluding hydrogens is 466 g/mol. The maximum Gasteiger partial charge on any atom is 0.294 e. The third-order valence-corrected chi connectivity index (χ3v) is 5.42. The van der Waals surface area contributed by atoms with Crippen molar-refractivity contribution in [2.45, 2.75) is 13.8 Å².